The molecule has 0 aliphatic rings. The fourth-order valence-electron chi connectivity index (χ4n) is 0.517. The zero-order valence-electron chi connectivity index (χ0n) is 5.23. The van der Waals surface area contributed by atoms with E-state index in [4.69, 9.17) is 5.11 Å². The van der Waals surface area contributed by atoms with Crippen molar-refractivity contribution in [2.45, 2.75) is 19.8 Å². The SMILES string of the molecule is C[C@@H](CO)CCCBr. The van der Waals surface area contributed by atoms with Crippen LogP contribution in [0.15, 0.2) is 0 Å². The van der Waals surface area contributed by atoms with E-state index in [1.807, 2.05) is 0 Å². The molecule has 0 rings (SSSR count). The van der Waals surface area contributed by atoms with E-state index >= 15 is 0 Å². The number of hydrogen-bond donors (Lipinski definition) is 1. The molecule has 0 aliphatic carbocycles. The Morgan fingerprint density at radius 3 is 2.62 bits per heavy atom. The van der Waals surface area contributed by atoms with Crippen molar-refractivity contribution in [2.24, 2.45) is 5.92 Å². The van der Waals surface area contributed by atoms with E-state index in [1.54, 1.807) is 0 Å². The minimum absolute atomic E-state index is 0.326. The Kier molecular flexibility index (Phi) is 5.88. The molecule has 50 valence electrons. The molecule has 0 bridgehead atoms. The van der Waals surface area contributed by atoms with E-state index < -0.39 is 0 Å². The molecule has 8 heavy (non-hydrogen) atoms. The van der Waals surface area contributed by atoms with Crippen molar-refractivity contribution in [3.05, 3.63) is 0 Å². The topological polar surface area (TPSA) is 20.2 Å². The van der Waals surface area contributed by atoms with Gasteiger partial charge >= 0.3 is 0 Å². The van der Waals surface area contributed by atoms with E-state index in [1.165, 1.54) is 6.42 Å². The molecule has 1 N–H and O–H groups in total. The third-order valence-electron chi connectivity index (χ3n) is 1.14. The predicted molar refractivity (Wildman–Crippen MR) is 39.3 cm³/mol. The van der Waals surface area contributed by atoms with Crippen LogP contribution in [0.25, 0.3) is 0 Å². The highest BCUT2D eigenvalue weighted by atomic mass is 79.9. The van der Waals surface area contributed by atoms with Crippen LogP contribution in [-0.4, -0.2) is 17.0 Å². The van der Waals surface area contributed by atoms with E-state index in [0.717, 1.165) is 11.8 Å². The van der Waals surface area contributed by atoms with Gasteiger partial charge in [-0.15, -0.1) is 0 Å². The van der Waals surface area contributed by atoms with Gasteiger partial charge in [0.2, 0.25) is 0 Å². The van der Waals surface area contributed by atoms with Crippen molar-refractivity contribution in [1.29, 1.82) is 0 Å². The summed E-state index contributed by atoms with van der Waals surface area (Å²) in [6, 6.07) is 0. The fraction of sp³-hybridized carbons (Fsp3) is 1.00. The number of rotatable bonds is 4. The Balaban J connectivity index is 2.86. The van der Waals surface area contributed by atoms with Crippen LogP contribution < -0.4 is 0 Å². The number of alkyl halides is 1. The Hall–Kier alpha value is 0.440. The van der Waals surface area contributed by atoms with Gasteiger partial charge in [0.25, 0.3) is 0 Å². The minimum Gasteiger partial charge on any atom is -0.396 e. The molecule has 1 nitrogen and oxygen atoms in total. The molecule has 0 aromatic heterocycles. The first-order chi connectivity index (χ1) is 3.81. The quantitative estimate of drug-likeness (QED) is 0.655. The molecule has 0 saturated carbocycles. The Morgan fingerprint density at radius 1 is 1.62 bits per heavy atom. The van der Waals surface area contributed by atoms with E-state index in [9.17, 15) is 0 Å². The predicted octanol–water partition coefficient (Wildman–Crippen LogP) is 1.79. The number of halogens is 1. The van der Waals surface area contributed by atoms with Crippen molar-refractivity contribution in [3.8, 4) is 0 Å². The van der Waals surface area contributed by atoms with Gasteiger partial charge in [-0.2, -0.15) is 0 Å². The van der Waals surface area contributed by atoms with Crippen molar-refractivity contribution < 1.29 is 5.11 Å². The molecule has 0 spiro atoms. The molecule has 0 aromatic rings. The second-order valence-electron chi connectivity index (χ2n) is 2.12. The molecule has 2 heteroatoms. The third-order valence-corrected chi connectivity index (χ3v) is 1.70. The minimum atomic E-state index is 0.326. The van der Waals surface area contributed by atoms with Crippen LogP contribution in [0.2, 0.25) is 0 Å². The van der Waals surface area contributed by atoms with Crippen LogP contribution in [0.1, 0.15) is 19.8 Å². The van der Waals surface area contributed by atoms with Crippen molar-refractivity contribution in [2.75, 3.05) is 11.9 Å². The maximum atomic E-state index is 8.55. The van der Waals surface area contributed by atoms with Crippen LogP contribution >= 0.6 is 15.9 Å². The van der Waals surface area contributed by atoms with Gasteiger partial charge in [0, 0.05) is 11.9 Å². The van der Waals surface area contributed by atoms with Crippen LogP contribution in [0.5, 0.6) is 0 Å². The van der Waals surface area contributed by atoms with Crippen LogP contribution in [-0.2, 0) is 0 Å². The second kappa shape index (κ2) is 5.57. The molecule has 0 amide bonds. The summed E-state index contributed by atoms with van der Waals surface area (Å²) in [5.74, 6) is 0.479. The number of aliphatic hydroxyl groups is 1. The maximum Gasteiger partial charge on any atom is 0.0456 e. The Morgan fingerprint density at radius 2 is 2.25 bits per heavy atom. The van der Waals surface area contributed by atoms with Gasteiger partial charge in [0.05, 0.1) is 0 Å². The van der Waals surface area contributed by atoms with Gasteiger partial charge in [-0.05, 0) is 18.8 Å². The molecule has 0 saturated heterocycles. The smallest absolute Gasteiger partial charge is 0.0456 e. The van der Waals surface area contributed by atoms with Crippen LogP contribution in [0.4, 0.5) is 0 Å². The first-order valence-electron chi connectivity index (χ1n) is 2.98. The fourth-order valence-corrected chi connectivity index (χ4v) is 0.841. The van der Waals surface area contributed by atoms with Crippen molar-refractivity contribution in [3.63, 3.8) is 0 Å². The second-order valence-corrected chi connectivity index (χ2v) is 2.91. The first kappa shape index (κ1) is 8.44. The summed E-state index contributed by atoms with van der Waals surface area (Å²) >= 11 is 3.33. The highest BCUT2D eigenvalue weighted by molar-refractivity contribution is 9.09. The van der Waals surface area contributed by atoms with Crippen molar-refractivity contribution >= 4 is 15.9 Å². The Labute approximate surface area is 59.2 Å². The summed E-state index contributed by atoms with van der Waals surface area (Å²) in [4.78, 5) is 0. The lowest BCUT2D eigenvalue weighted by Gasteiger charge is -2.03. The largest absolute Gasteiger partial charge is 0.396 e. The monoisotopic (exact) mass is 180 g/mol. The van der Waals surface area contributed by atoms with Gasteiger partial charge in [0.15, 0.2) is 0 Å². The molecule has 1 atom stereocenters. The van der Waals surface area contributed by atoms with Gasteiger partial charge in [-0.1, -0.05) is 22.9 Å². The van der Waals surface area contributed by atoms with E-state index in [2.05, 4.69) is 22.9 Å². The van der Waals surface area contributed by atoms with E-state index in [0.29, 0.717) is 12.5 Å². The summed E-state index contributed by atoms with van der Waals surface area (Å²) in [6.45, 7) is 2.38. The average Bonchev–Trinajstić information content (AvgIpc) is 1.83. The zero-order valence-corrected chi connectivity index (χ0v) is 6.82. The molecule has 0 radical (unpaired) electrons. The summed E-state index contributed by atoms with van der Waals surface area (Å²) in [6.07, 6.45) is 2.30. The summed E-state index contributed by atoms with van der Waals surface area (Å²) in [7, 11) is 0. The van der Waals surface area contributed by atoms with Gasteiger partial charge in [-0.3, -0.25) is 0 Å². The molecular weight excluding hydrogens is 168 g/mol. The lowest BCUT2D eigenvalue weighted by Crippen LogP contribution is -1.99. The molecule has 0 unspecified atom stereocenters. The molecule has 0 fully saturated rings. The Bertz CT molecular complexity index is 47.8. The highest BCUT2D eigenvalue weighted by Crippen LogP contribution is 2.04. The average molecular weight is 181 g/mol. The van der Waals surface area contributed by atoms with Gasteiger partial charge in [0.1, 0.15) is 0 Å². The molecule has 0 aliphatic heterocycles. The summed E-state index contributed by atoms with van der Waals surface area (Å²) in [5.41, 5.74) is 0. The number of hydrogen-bond acceptors (Lipinski definition) is 1. The number of aliphatic hydroxyl groups excluding tert-OH is 1. The highest BCUT2D eigenvalue weighted by Gasteiger charge is 1.96. The summed E-state index contributed by atoms with van der Waals surface area (Å²) in [5, 5.41) is 9.60. The first-order valence-corrected chi connectivity index (χ1v) is 4.10. The standard InChI is InChI=1S/C6H13BrO/c1-6(5-8)3-2-4-7/h6,8H,2-5H2,1H3/t6-/m1/s1. The zero-order chi connectivity index (χ0) is 6.41. The molecular formula is C6H13BrO. The van der Waals surface area contributed by atoms with Crippen LogP contribution in [0, 0.1) is 5.92 Å². The van der Waals surface area contributed by atoms with E-state index in [-0.39, 0.29) is 0 Å². The lowest BCUT2D eigenvalue weighted by molar-refractivity contribution is 0.230. The maximum absolute atomic E-state index is 8.55. The van der Waals surface area contributed by atoms with Crippen LogP contribution in [0.3, 0.4) is 0 Å². The van der Waals surface area contributed by atoms with Gasteiger partial charge in [-0.25, -0.2) is 0 Å². The normalized spacial score (nSPS) is 13.9. The third kappa shape index (κ3) is 4.60. The molecule has 0 heterocycles. The van der Waals surface area contributed by atoms with Gasteiger partial charge < -0.3 is 5.11 Å². The summed E-state index contributed by atoms with van der Waals surface area (Å²) < 4.78 is 0. The van der Waals surface area contributed by atoms with Crippen molar-refractivity contribution in [1.82, 2.24) is 0 Å². The lowest BCUT2D eigenvalue weighted by atomic mass is 10.1. The molecule has 0 aromatic carbocycles.